The van der Waals surface area contributed by atoms with Gasteiger partial charge in [0.15, 0.2) is 0 Å². The molecule has 0 bridgehead atoms. The zero-order valence-corrected chi connectivity index (χ0v) is 22.2. The minimum atomic E-state index is -4.37. The molecule has 3 atom stereocenters. The number of phenolic OH excluding ortho intramolecular Hbond substituents is 1. The number of hydrogen-bond donors (Lipinski definition) is 4. The van der Waals surface area contributed by atoms with Crippen molar-refractivity contribution in [3.05, 3.63) is 108 Å². The zero-order valence-electron chi connectivity index (χ0n) is 20.5. The van der Waals surface area contributed by atoms with Gasteiger partial charge < -0.3 is 24.9 Å². The number of anilines is 1. The third-order valence-corrected chi connectivity index (χ3v) is 8.79. The minimum absolute atomic E-state index is 0.0756. The quantitative estimate of drug-likeness (QED) is 0.137. The van der Waals surface area contributed by atoms with Gasteiger partial charge in [-0.25, -0.2) is 4.39 Å². The second kappa shape index (κ2) is 11.0. The normalized spacial score (nSPS) is 18.1. The summed E-state index contributed by atoms with van der Waals surface area (Å²) in [5.74, 6) is -1.31. The van der Waals surface area contributed by atoms with Crippen LogP contribution < -0.4 is 10.2 Å². The second-order valence-electron chi connectivity index (χ2n) is 9.21. The topological polar surface area (TPSA) is 118 Å². The molecule has 0 aromatic heterocycles. The minimum Gasteiger partial charge on any atom is -0.508 e. The fourth-order valence-electron chi connectivity index (χ4n) is 4.73. The van der Waals surface area contributed by atoms with Crippen LogP contribution in [0.1, 0.15) is 11.6 Å². The van der Waals surface area contributed by atoms with Crippen LogP contribution in [-0.2, 0) is 9.36 Å². The molecule has 0 radical (unpaired) electrons. The maximum Gasteiger partial charge on any atom is 0.356 e. The molecule has 3 unspecified atom stereocenters. The lowest BCUT2D eigenvalue weighted by molar-refractivity contribution is -0.135. The Balaban J connectivity index is 1.43. The van der Waals surface area contributed by atoms with Crippen LogP contribution in [0.3, 0.4) is 0 Å². The number of carbonyl (C=O) groups excluding carboxylic acids is 1. The second-order valence-corrected chi connectivity index (χ2v) is 11.9. The van der Waals surface area contributed by atoms with Crippen molar-refractivity contribution < 1.29 is 33.7 Å². The molecule has 39 heavy (non-hydrogen) atoms. The fraction of sp³-hybridized carbons (Fsp3) is 0.138. The number of rotatable bonds is 8. The Bertz CT molecular complexity index is 1530. The van der Waals surface area contributed by atoms with Gasteiger partial charge in [-0.15, -0.1) is 11.8 Å². The SMILES string of the molecule is O=C1C(C(O)CSc2ccc(F)cc2)C(c2ccc(-c3ccc(P(=O)(O)O)cc3)cc2O)N1c1ccccc1. The highest BCUT2D eigenvalue weighted by Crippen LogP contribution is 2.48. The van der Waals surface area contributed by atoms with Crippen LogP contribution in [0.25, 0.3) is 11.1 Å². The van der Waals surface area contributed by atoms with E-state index in [1.165, 1.54) is 42.1 Å². The van der Waals surface area contributed by atoms with Gasteiger partial charge in [0.1, 0.15) is 11.6 Å². The first-order valence-corrected chi connectivity index (χ1v) is 14.7. The summed E-state index contributed by atoms with van der Waals surface area (Å²) in [6.07, 6.45) is -1.03. The summed E-state index contributed by atoms with van der Waals surface area (Å²) in [6, 6.07) is 25.1. The van der Waals surface area contributed by atoms with Gasteiger partial charge in [0.2, 0.25) is 5.91 Å². The Kier molecular flexibility index (Phi) is 7.62. The number of aliphatic hydroxyl groups is 1. The molecule has 4 N–H and O–H groups in total. The van der Waals surface area contributed by atoms with Crippen molar-refractivity contribution in [3.8, 4) is 16.9 Å². The molecule has 1 heterocycles. The van der Waals surface area contributed by atoms with Gasteiger partial charge in [0, 0.05) is 21.9 Å². The molecule has 5 rings (SSSR count). The lowest BCUT2D eigenvalue weighted by Crippen LogP contribution is -2.60. The predicted octanol–water partition coefficient (Wildman–Crippen LogP) is 4.86. The van der Waals surface area contributed by atoms with Gasteiger partial charge >= 0.3 is 7.60 Å². The van der Waals surface area contributed by atoms with E-state index >= 15 is 0 Å². The first kappa shape index (κ1) is 27.1. The van der Waals surface area contributed by atoms with Crippen molar-refractivity contribution in [2.75, 3.05) is 10.7 Å². The Morgan fingerprint density at radius 3 is 2.15 bits per heavy atom. The highest BCUT2D eigenvalue weighted by molar-refractivity contribution is 7.99. The highest BCUT2D eigenvalue weighted by atomic mass is 32.2. The fourth-order valence-corrected chi connectivity index (χ4v) is 6.17. The molecule has 1 aliphatic rings. The number of hydrogen-bond acceptors (Lipinski definition) is 5. The van der Waals surface area contributed by atoms with E-state index < -0.39 is 25.7 Å². The van der Waals surface area contributed by atoms with E-state index in [0.29, 0.717) is 22.4 Å². The molecule has 4 aromatic carbocycles. The number of amides is 1. The third-order valence-electron chi connectivity index (χ3n) is 6.71. The van der Waals surface area contributed by atoms with Crippen molar-refractivity contribution in [2.45, 2.75) is 17.0 Å². The van der Waals surface area contributed by atoms with Crippen molar-refractivity contribution >= 4 is 36.3 Å². The van der Waals surface area contributed by atoms with Crippen LogP contribution in [-0.4, -0.2) is 37.8 Å². The molecule has 1 fully saturated rings. The van der Waals surface area contributed by atoms with Crippen LogP contribution in [0, 0.1) is 11.7 Å². The van der Waals surface area contributed by atoms with Crippen LogP contribution in [0.15, 0.2) is 102 Å². The van der Waals surface area contributed by atoms with Gasteiger partial charge in [-0.05, 0) is 65.7 Å². The summed E-state index contributed by atoms with van der Waals surface area (Å²) < 4.78 is 24.7. The van der Waals surface area contributed by atoms with Gasteiger partial charge in [-0.2, -0.15) is 0 Å². The van der Waals surface area contributed by atoms with E-state index in [4.69, 9.17) is 0 Å². The van der Waals surface area contributed by atoms with E-state index in [0.717, 1.165) is 4.90 Å². The summed E-state index contributed by atoms with van der Waals surface area (Å²) in [5, 5.41) is 22.0. The molecular weight excluding hydrogens is 540 g/mol. The molecule has 0 spiro atoms. The molecule has 4 aromatic rings. The summed E-state index contributed by atoms with van der Waals surface area (Å²) in [6.45, 7) is 0. The van der Waals surface area contributed by atoms with Gasteiger partial charge in [0.05, 0.1) is 23.4 Å². The summed E-state index contributed by atoms with van der Waals surface area (Å²) in [7, 11) is -4.37. The van der Waals surface area contributed by atoms with Crippen molar-refractivity contribution in [2.24, 2.45) is 5.92 Å². The largest absolute Gasteiger partial charge is 0.508 e. The van der Waals surface area contributed by atoms with E-state index in [1.54, 1.807) is 65.6 Å². The maximum absolute atomic E-state index is 13.3. The van der Waals surface area contributed by atoms with E-state index in [2.05, 4.69) is 0 Å². The number of aliphatic hydroxyl groups excluding tert-OH is 1. The zero-order chi connectivity index (χ0) is 27.7. The van der Waals surface area contributed by atoms with Gasteiger partial charge in [0.25, 0.3) is 0 Å². The number of carbonyl (C=O) groups is 1. The Morgan fingerprint density at radius 1 is 0.897 bits per heavy atom. The number of benzene rings is 4. The van der Waals surface area contributed by atoms with E-state index in [1.807, 2.05) is 6.07 Å². The van der Waals surface area contributed by atoms with Crippen molar-refractivity contribution in [1.29, 1.82) is 0 Å². The molecule has 10 heteroatoms. The van der Waals surface area contributed by atoms with Gasteiger partial charge in [-0.3, -0.25) is 9.36 Å². The third kappa shape index (κ3) is 5.64. The number of aromatic hydroxyl groups is 1. The first-order chi connectivity index (χ1) is 18.6. The Morgan fingerprint density at radius 2 is 1.54 bits per heavy atom. The predicted molar refractivity (Wildman–Crippen MR) is 149 cm³/mol. The molecule has 200 valence electrons. The molecule has 1 amide bonds. The number of para-hydroxylation sites is 1. The van der Waals surface area contributed by atoms with Crippen molar-refractivity contribution in [3.63, 3.8) is 0 Å². The molecular formula is C29H25FNO6PS. The molecule has 1 saturated heterocycles. The standard InChI is InChI=1S/C29H25FNO6PS/c30-20-9-13-23(14-10-20)39-17-26(33)27-28(31(29(27)34)21-4-2-1-3-5-21)24-15-8-19(16-25(24)32)18-6-11-22(12-7-18)38(35,36)37/h1-16,26-28,32-33H,17H2,(H2,35,36,37). The molecule has 7 nitrogen and oxygen atoms in total. The van der Waals surface area contributed by atoms with Crippen LogP contribution in [0.2, 0.25) is 0 Å². The van der Waals surface area contributed by atoms with Crippen LogP contribution in [0.5, 0.6) is 5.75 Å². The monoisotopic (exact) mass is 565 g/mol. The summed E-state index contributed by atoms with van der Waals surface area (Å²) in [4.78, 5) is 34.3. The van der Waals surface area contributed by atoms with Crippen LogP contribution >= 0.6 is 19.4 Å². The number of halogens is 1. The lowest BCUT2D eigenvalue weighted by atomic mass is 9.78. The number of phenols is 1. The molecule has 0 aliphatic carbocycles. The summed E-state index contributed by atoms with van der Waals surface area (Å²) >= 11 is 1.31. The molecule has 1 aliphatic heterocycles. The average molecular weight is 566 g/mol. The van der Waals surface area contributed by atoms with E-state index in [-0.39, 0.29) is 28.5 Å². The Labute approximate surface area is 228 Å². The maximum atomic E-state index is 13.3. The average Bonchev–Trinajstić information content (AvgIpc) is 2.92. The number of nitrogens with zero attached hydrogens (tertiary/aromatic N) is 1. The first-order valence-electron chi connectivity index (χ1n) is 12.1. The lowest BCUT2D eigenvalue weighted by Gasteiger charge is -2.49. The number of β-lactam (4-membered cyclic amide) rings is 1. The van der Waals surface area contributed by atoms with Crippen LogP contribution in [0.4, 0.5) is 10.1 Å². The Hall–Kier alpha value is -3.46. The van der Waals surface area contributed by atoms with E-state index in [9.17, 15) is 33.7 Å². The van der Waals surface area contributed by atoms with Gasteiger partial charge in [-0.1, -0.05) is 42.5 Å². The van der Waals surface area contributed by atoms with Crippen molar-refractivity contribution in [1.82, 2.24) is 0 Å². The molecule has 0 saturated carbocycles. The summed E-state index contributed by atoms with van der Waals surface area (Å²) in [5.41, 5.74) is 2.36. The number of thioether (sulfide) groups is 1. The smallest absolute Gasteiger partial charge is 0.356 e. The highest BCUT2D eigenvalue weighted by Gasteiger charge is 2.53.